The molecular weight excluding hydrogens is 356 g/mol. The second-order valence-electron chi connectivity index (χ2n) is 6.51. The maximum absolute atomic E-state index is 5.45. The van der Waals surface area contributed by atoms with Crippen LogP contribution in [0.1, 0.15) is 23.1 Å². The minimum absolute atomic E-state index is 0.266. The van der Waals surface area contributed by atoms with E-state index < -0.39 is 0 Å². The number of hydrogen-bond donors (Lipinski definition) is 1. The molecule has 0 aliphatic rings. The first-order valence-electron chi connectivity index (χ1n) is 8.86. The summed E-state index contributed by atoms with van der Waals surface area (Å²) in [7, 11) is 5.24. The maximum atomic E-state index is 5.45. The van der Waals surface area contributed by atoms with Crippen LogP contribution in [-0.4, -0.2) is 38.4 Å². The van der Waals surface area contributed by atoms with Crippen LogP contribution < -0.4 is 14.8 Å². The summed E-state index contributed by atoms with van der Waals surface area (Å²) in [6.07, 6.45) is 7.25. The zero-order chi connectivity index (χ0) is 19.7. The Bertz CT molecular complexity index is 1090. The summed E-state index contributed by atoms with van der Waals surface area (Å²) in [6, 6.07) is 7.51. The summed E-state index contributed by atoms with van der Waals surface area (Å²) in [4.78, 5) is 9.09. The normalized spacial score (nSPS) is 12.1. The first-order chi connectivity index (χ1) is 13.6. The van der Waals surface area contributed by atoms with Crippen LogP contribution in [0, 0.1) is 6.92 Å². The number of nitrogens with zero attached hydrogens (tertiary/aromatic N) is 5. The third-order valence-corrected chi connectivity index (χ3v) is 4.62. The Morgan fingerprint density at radius 2 is 1.68 bits per heavy atom. The minimum atomic E-state index is -0.266. The van der Waals surface area contributed by atoms with E-state index in [9.17, 15) is 0 Å². The van der Waals surface area contributed by atoms with Crippen molar-refractivity contribution < 1.29 is 9.47 Å². The molecule has 0 spiro atoms. The van der Waals surface area contributed by atoms with Gasteiger partial charge in [-0.2, -0.15) is 5.10 Å². The van der Waals surface area contributed by atoms with Crippen LogP contribution in [-0.2, 0) is 7.05 Å². The highest BCUT2D eigenvalue weighted by Gasteiger charge is 2.22. The molecule has 4 rings (SSSR count). The number of imidazole rings is 1. The fraction of sp³-hybridized carbons (Fsp3) is 0.250. The average Bonchev–Trinajstić information content (AvgIpc) is 3.30. The van der Waals surface area contributed by atoms with Crippen molar-refractivity contribution in [2.75, 3.05) is 19.5 Å². The number of benzene rings is 1. The van der Waals surface area contributed by atoms with E-state index in [0.717, 1.165) is 28.4 Å². The van der Waals surface area contributed by atoms with Crippen molar-refractivity contribution in [3.05, 3.63) is 66.1 Å². The lowest BCUT2D eigenvalue weighted by Crippen LogP contribution is -2.18. The fourth-order valence-electron chi connectivity index (χ4n) is 3.24. The van der Waals surface area contributed by atoms with Gasteiger partial charge in [-0.15, -0.1) is 0 Å². The van der Waals surface area contributed by atoms with Crippen LogP contribution in [0.4, 0.5) is 5.82 Å². The van der Waals surface area contributed by atoms with E-state index in [1.54, 1.807) is 26.6 Å². The van der Waals surface area contributed by atoms with Gasteiger partial charge in [0.25, 0.3) is 0 Å². The molecule has 0 aliphatic heterocycles. The molecule has 0 bridgehead atoms. The Morgan fingerprint density at radius 1 is 0.964 bits per heavy atom. The molecular formula is C20H22N6O2. The molecule has 8 nitrogen and oxygen atoms in total. The molecule has 0 radical (unpaired) electrons. The van der Waals surface area contributed by atoms with Crippen LogP contribution >= 0.6 is 0 Å². The third kappa shape index (κ3) is 3.24. The number of aromatic nitrogens is 5. The lowest BCUT2D eigenvalue weighted by Gasteiger charge is -2.21. The summed E-state index contributed by atoms with van der Waals surface area (Å²) in [6.45, 7) is 1.96. The monoisotopic (exact) mass is 378 g/mol. The SMILES string of the molecule is COc1cc(OC)cc(C(Nc2nccn3nc(C)cc23)c2nccn2C)c1. The van der Waals surface area contributed by atoms with E-state index in [2.05, 4.69) is 20.4 Å². The summed E-state index contributed by atoms with van der Waals surface area (Å²) in [5.41, 5.74) is 2.77. The summed E-state index contributed by atoms with van der Waals surface area (Å²) < 4.78 is 14.7. The Hall–Kier alpha value is -3.55. The first kappa shape index (κ1) is 17.8. The van der Waals surface area contributed by atoms with Gasteiger partial charge in [0.2, 0.25) is 0 Å². The van der Waals surface area contributed by atoms with Gasteiger partial charge in [0.15, 0.2) is 5.82 Å². The van der Waals surface area contributed by atoms with E-state index in [0.29, 0.717) is 11.5 Å². The Labute approximate surface area is 162 Å². The predicted molar refractivity (Wildman–Crippen MR) is 106 cm³/mol. The Kier molecular flexibility index (Phi) is 4.60. The molecule has 4 aromatic rings. The topological polar surface area (TPSA) is 78.5 Å². The summed E-state index contributed by atoms with van der Waals surface area (Å²) >= 11 is 0. The van der Waals surface area contributed by atoms with Crippen molar-refractivity contribution in [1.82, 2.24) is 24.1 Å². The molecule has 0 amide bonds. The highest BCUT2D eigenvalue weighted by molar-refractivity contribution is 5.69. The van der Waals surface area contributed by atoms with E-state index >= 15 is 0 Å². The number of aryl methyl sites for hydroxylation is 2. The summed E-state index contributed by atoms with van der Waals surface area (Å²) in [5.74, 6) is 2.98. The van der Waals surface area contributed by atoms with Gasteiger partial charge in [0, 0.05) is 37.9 Å². The number of ether oxygens (including phenoxy) is 2. The molecule has 3 heterocycles. The van der Waals surface area contributed by atoms with E-state index in [1.165, 1.54) is 0 Å². The van der Waals surface area contributed by atoms with Crippen LogP contribution in [0.2, 0.25) is 0 Å². The molecule has 1 atom stereocenters. The van der Waals surface area contributed by atoms with Gasteiger partial charge in [-0.3, -0.25) is 0 Å². The Balaban J connectivity index is 1.84. The van der Waals surface area contributed by atoms with Gasteiger partial charge < -0.3 is 19.4 Å². The average molecular weight is 378 g/mol. The van der Waals surface area contributed by atoms with E-state index in [-0.39, 0.29) is 6.04 Å². The molecule has 1 unspecified atom stereocenters. The van der Waals surface area contributed by atoms with Crippen LogP contribution in [0.15, 0.2) is 49.1 Å². The van der Waals surface area contributed by atoms with Crippen LogP contribution in [0.3, 0.4) is 0 Å². The quantitative estimate of drug-likeness (QED) is 0.556. The highest BCUT2D eigenvalue weighted by atomic mass is 16.5. The highest BCUT2D eigenvalue weighted by Crippen LogP contribution is 2.32. The van der Waals surface area contributed by atoms with Crippen molar-refractivity contribution in [3.63, 3.8) is 0 Å². The number of methoxy groups -OCH3 is 2. The third-order valence-electron chi connectivity index (χ3n) is 4.62. The lowest BCUT2D eigenvalue weighted by molar-refractivity contribution is 0.393. The molecule has 144 valence electrons. The second-order valence-corrected chi connectivity index (χ2v) is 6.51. The number of anilines is 1. The second kappa shape index (κ2) is 7.22. The van der Waals surface area contributed by atoms with Crippen molar-refractivity contribution in [1.29, 1.82) is 0 Å². The molecule has 0 aliphatic carbocycles. The van der Waals surface area contributed by atoms with Gasteiger partial charge in [-0.05, 0) is 30.7 Å². The van der Waals surface area contributed by atoms with Gasteiger partial charge in [-0.25, -0.2) is 14.5 Å². The number of nitrogens with one attached hydrogen (secondary N) is 1. The molecule has 0 saturated carbocycles. The molecule has 8 heteroatoms. The maximum Gasteiger partial charge on any atom is 0.152 e. The van der Waals surface area contributed by atoms with E-state index in [1.807, 2.05) is 59.7 Å². The standard InChI is InChI=1S/C20H22N6O2/c1-13-9-17-19(21-6-8-26(17)24-13)23-18(20-22-5-7-25(20)2)14-10-15(27-3)12-16(11-14)28-4/h5-12,18H,1-4H3,(H,21,23). The zero-order valence-electron chi connectivity index (χ0n) is 16.2. The van der Waals surface area contributed by atoms with Gasteiger partial charge >= 0.3 is 0 Å². The van der Waals surface area contributed by atoms with Crippen LogP contribution in [0.5, 0.6) is 11.5 Å². The van der Waals surface area contributed by atoms with Gasteiger partial charge in [0.1, 0.15) is 28.9 Å². The first-order valence-corrected chi connectivity index (χ1v) is 8.86. The molecule has 1 aromatic carbocycles. The number of rotatable bonds is 6. The fourth-order valence-corrected chi connectivity index (χ4v) is 3.24. The molecule has 28 heavy (non-hydrogen) atoms. The van der Waals surface area contributed by atoms with Crippen molar-refractivity contribution in [2.24, 2.45) is 7.05 Å². The zero-order valence-corrected chi connectivity index (χ0v) is 16.2. The smallest absolute Gasteiger partial charge is 0.152 e. The minimum Gasteiger partial charge on any atom is -0.497 e. The molecule has 0 fully saturated rings. The molecule has 0 saturated heterocycles. The number of fused-ring (bicyclic) bond motifs is 1. The Morgan fingerprint density at radius 3 is 2.32 bits per heavy atom. The van der Waals surface area contributed by atoms with Crippen molar-refractivity contribution in [3.8, 4) is 11.5 Å². The van der Waals surface area contributed by atoms with Crippen LogP contribution in [0.25, 0.3) is 5.52 Å². The van der Waals surface area contributed by atoms with Gasteiger partial charge in [-0.1, -0.05) is 0 Å². The predicted octanol–water partition coefficient (Wildman–Crippen LogP) is 2.99. The van der Waals surface area contributed by atoms with Gasteiger partial charge in [0.05, 0.1) is 19.9 Å². The molecule has 1 N–H and O–H groups in total. The molecule has 3 aromatic heterocycles. The number of hydrogen-bond acceptors (Lipinski definition) is 6. The van der Waals surface area contributed by atoms with Crippen molar-refractivity contribution in [2.45, 2.75) is 13.0 Å². The largest absolute Gasteiger partial charge is 0.497 e. The van der Waals surface area contributed by atoms with E-state index in [4.69, 9.17) is 9.47 Å². The lowest BCUT2D eigenvalue weighted by atomic mass is 10.0. The van der Waals surface area contributed by atoms with Crippen molar-refractivity contribution >= 4 is 11.3 Å². The summed E-state index contributed by atoms with van der Waals surface area (Å²) in [5, 5.41) is 8.00.